The highest BCUT2D eigenvalue weighted by Gasteiger charge is 2.17. The zero-order valence-corrected chi connectivity index (χ0v) is 19.6. The first-order valence-electron chi connectivity index (χ1n) is 8.43. The number of aliphatic imine (C=N–C) groups is 1. The summed E-state index contributed by atoms with van der Waals surface area (Å²) in [6, 6.07) is 4.49. The molecule has 0 aliphatic rings. The Labute approximate surface area is 176 Å². The van der Waals surface area contributed by atoms with E-state index in [4.69, 9.17) is 9.98 Å². The summed E-state index contributed by atoms with van der Waals surface area (Å²) >= 11 is 3.50. The summed E-state index contributed by atoms with van der Waals surface area (Å²) in [5.41, 5.74) is 1.28. The van der Waals surface area contributed by atoms with Gasteiger partial charge in [0.25, 0.3) is 0 Å². The molecule has 0 spiro atoms. The molecule has 0 aromatic carbocycles. The van der Waals surface area contributed by atoms with Crippen molar-refractivity contribution in [2.24, 2.45) is 4.99 Å². The van der Waals surface area contributed by atoms with Gasteiger partial charge in [0.1, 0.15) is 0 Å². The Kier molecular flexibility index (Phi) is 9.37. The summed E-state index contributed by atoms with van der Waals surface area (Å²) in [5.74, 6) is 0.867. The van der Waals surface area contributed by atoms with Crippen LogP contribution in [-0.2, 0) is 11.8 Å². The van der Waals surface area contributed by atoms with Crippen LogP contribution in [-0.4, -0.2) is 24.0 Å². The number of nitrogens with zero attached hydrogens (tertiary/aromatic N) is 2. The normalized spacial score (nSPS) is 13.2. The molecule has 4 nitrogen and oxygen atoms in total. The number of hydrogen-bond donors (Lipinski definition) is 2. The first-order chi connectivity index (χ1) is 11.4. The topological polar surface area (TPSA) is 49.3 Å². The molecule has 0 saturated carbocycles. The average Bonchev–Trinajstić information content (AvgIpc) is 3.18. The summed E-state index contributed by atoms with van der Waals surface area (Å²) in [4.78, 5) is 10.7. The number of hydrogen-bond acceptors (Lipinski definition) is 4. The molecule has 0 aliphatic heterocycles. The van der Waals surface area contributed by atoms with Crippen molar-refractivity contribution in [1.29, 1.82) is 0 Å². The number of thiophene rings is 1. The van der Waals surface area contributed by atoms with Gasteiger partial charge in [-0.2, -0.15) is 0 Å². The van der Waals surface area contributed by atoms with Crippen LogP contribution >= 0.6 is 46.7 Å². The van der Waals surface area contributed by atoms with Crippen molar-refractivity contribution < 1.29 is 0 Å². The Bertz CT molecular complexity index is 644. The largest absolute Gasteiger partial charge is 0.357 e. The van der Waals surface area contributed by atoms with Gasteiger partial charge in [0.05, 0.1) is 16.7 Å². The number of guanidine groups is 1. The second-order valence-corrected chi connectivity index (χ2v) is 8.69. The fraction of sp³-hybridized carbons (Fsp3) is 0.556. The monoisotopic (exact) mass is 492 g/mol. The van der Waals surface area contributed by atoms with Gasteiger partial charge in [-0.05, 0) is 25.3 Å². The van der Waals surface area contributed by atoms with Gasteiger partial charge in [-0.15, -0.1) is 46.7 Å². The van der Waals surface area contributed by atoms with Gasteiger partial charge < -0.3 is 10.6 Å². The van der Waals surface area contributed by atoms with Crippen LogP contribution < -0.4 is 10.6 Å². The fourth-order valence-electron chi connectivity index (χ4n) is 2.17. The third kappa shape index (κ3) is 7.22. The van der Waals surface area contributed by atoms with E-state index in [1.54, 1.807) is 22.7 Å². The number of aromatic nitrogens is 1. The van der Waals surface area contributed by atoms with E-state index in [-0.39, 0.29) is 35.4 Å². The quantitative estimate of drug-likeness (QED) is 0.340. The van der Waals surface area contributed by atoms with Crippen LogP contribution in [0.25, 0.3) is 0 Å². The van der Waals surface area contributed by atoms with E-state index >= 15 is 0 Å². The SMILES string of the molecule is CCNC(=NCCc1nc(C(C)(C)C)cs1)NC(C)c1cccs1.I. The molecule has 0 amide bonds. The lowest BCUT2D eigenvalue weighted by molar-refractivity contribution is 0.571. The minimum Gasteiger partial charge on any atom is -0.357 e. The first-order valence-corrected chi connectivity index (χ1v) is 10.2. The van der Waals surface area contributed by atoms with Crippen LogP contribution in [0.15, 0.2) is 27.9 Å². The third-order valence-electron chi connectivity index (χ3n) is 3.58. The minimum absolute atomic E-state index is 0. The van der Waals surface area contributed by atoms with Crippen LogP contribution in [0, 0.1) is 0 Å². The van der Waals surface area contributed by atoms with Crippen molar-refractivity contribution in [3.63, 3.8) is 0 Å². The van der Waals surface area contributed by atoms with E-state index in [9.17, 15) is 0 Å². The second kappa shape index (κ2) is 10.5. The highest BCUT2D eigenvalue weighted by atomic mass is 127. The van der Waals surface area contributed by atoms with Gasteiger partial charge in [0.15, 0.2) is 5.96 Å². The van der Waals surface area contributed by atoms with Gasteiger partial charge >= 0.3 is 0 Å². The van der Waals surface area contributed by atoms with Crippen LogP contribution in [0.4, 0.5) is 0 Å². The number of nitrogens with one attached hydrogen (secondary N) is 2. The minimum atomic E-state index is 0. The van der Waals surface area contributed by atoms with Gasteiger partial charge in [-0.3, -0.25) is 4.99 Å². The Hall–Kier alpha value is -0.670. The summed E-state index contributed by atoms with van der Waals surface area (Å²) in [6.07, 6.45) is 0.880. The lowest BCUT2D eigenvalue weighted by Crippen LogP contribution is -2.38. The number of thiazole rings is 1. The van der Waals surface area contributed by atoms with Crippen molar-refractivity contribution in [1.82, 2.24) is 15.6 Å². The molecule has 0 radical (unpaired) electrons. The van der Waals surface area contributed by atoms with Gasteiger partial charge in [0, 0.05) is 35.2 Å². The van der Waals surface area contributed by atoms with Gasteiger partial charge in [-0.1, -0.05) is 26.8 Å². The molecule has 140 valence electrons. The molecule has 2 rings (SSSR count). The highest BCUT2D eigenvalue weighted by Crippen LogP contribution is 2.24. The average molecular weight is 492 g/mol. The molecule has 2 aromatic heterocycles. The van der Waals surface area contributed by atoms with E-state index in [2.05, 4.69) is 68.1 Å². The number of rotatable bonds is 6. The molecular weight excluding hydrogens is 463 g/mol. The van der Waals surface area contributed by atoms with E-state index in [0.29, 0.717) is 0 Å². The maximum Gasteiger partial charge on any atom is 0.191 e. The summed E-state index contributed by atoms with van der Waals surface area (Å²) < 4.78 is 0. The molecule has 1 unspecified atom stereocenters. The molecule has 2 N–H and O–H groups in total. The zero-order valence-electron chi connectivity index (χ0n) is 15.6. The van der Waals surface area contributed by atoms with Crippen molar-refractivity contribution in [2.45, 2.75) is 52.5 Å². The molecule has 2 aromatic rings. The van der Waals surface area contributed by atoms with Crippen molar-refractivity contribution in [3.05, 3.63) is 38.5 Å². The lowest BCUT2D eigenvalue weighted by atomic mass is 9.93. The first kappa shape index (κ1) is 22.4. The molecular formula is C18H29IN4S2. The molecule has 0 bridgehead atoms. The predicted octanol–water partition coefficient (Wildman–Crippen LogP) is 4.98. The van der Waals surface area contributed by atoms with E-state index in [0.717, 1.165) is 30.5 Å². The van der Waals surface area contributed by atoms with Crippen LogP contribution in [0.2, 0.25) is 0 Å². The van der Waals surface area contributed by atoms with Crippen molar-refractivity contribution in [2.75, 3.05) is 13.1 Å². The summed E-state index contributed by atoms with van der Waals surface area (Å²) in [7, 11) is 0. The van der Waals surface area contributed by atoms with E-state index in [1.165, 1.54) is 10.6 Å². The molecule has 0 aliphatic carbocycles. The smallest absolute Gasteiger partial charge is 0.191 e. The second-order valence-electron chi connectivity index (χ2n) is 6.77. The van der Waals surface area contributed by atoms with Crippen LogP contribution in [0.1, 0.15) is 56.2 Å². The standard InChI is InChI=1S/C18H28N4S2.HI/c1-6-19-17(21-13(2)14-8-7-11-23-14)20-10-9-16-22-15(12-24-16)18(3,4)5;/h7-8,11-13H,6,9-10H2,1-5H3,(H2,19,20,21);1H. The van der Waals surface area contributed by atoms with E-state index in [1.807, 2.05) is 0 Å². The maximum absolute atomic E-state index is 4.74. The third-order valence-corrected chi connectivity index (χ3v) is 5.55. The lowest BCUT2D eigenvalue weighted by Gasteiger charge is -2.16. The summed E-state index contributed by atoms with van der Waals surface area (Å²) in [5, 5.41) is 12.2. The predicted molar refractivity (Wildman–Crippen MR) is 122 cm³/mol. The number of halogens is 1. The molecule has 0 saturated heterocycles. The molecule has 2 heterocycles. The van der Waals surface area contributed by atoms with E-state index < -0.39 is 0 Å². The molecule has 7 heteroatoms. The van der Waals surface area contributed by atoms with Crippen LogP contribution in [0.3, 0.4) is 0 Å². The maximum atomic E-state index is 4.74. The Morgan fingerprint density at radius 3 is 2.64 bits per heavy atom. The van der Waals surface area contributed by atoms with Gasteiger partial charge in [0.2, 0.25) is 0 Å². The van der Waals surface area contributed by atoms with Crippen molar-refractivity contribution in [3.8, 4) is 0 Å². The van der Waals surface area contributed by atoms with Crippen LogP contribution in [0.5, 0.6) is 0 Å². The molecule has 1 atom stereocenters. The van der Waals surface area contributed by atoms with Gasteiger partial charge in [-0.25, -0.2) is 4.98 Å². The van der Waals surface area contributed by atoms with Crippen molar-refractivity contribution >= 4 is 52.6 Å². The molecule has 25 heavy (non-hydrogen) atoms. The Morgan fingerprint density at radius 1 is 1.32 bits per heavy atom. The molecule has 0 fully saturated rings. The highest BCUT2D eigenvalue weighted by molar-refractivity contribution is 14.0. The fourth-order valence-corrected chi connectivity index (χ4v) is 3.92. The summed E-state index contributed by atoms with van der Waals surface area (Å²) in [6.45, 7) is 12.4. The Balaban J connectivity index is 0.00000312. The zero-order chi connectivity index (χ0) is 17.6. The Morgan fingerprint density at radius 2 is 2.08 bits per heavy atom.